The van der Waals surface area contributed by atoms with Crippen LogP contribution in [0.5, 0.6) is 11.5 Å². The van der Waals surface area contributed by atoms with Crippen molar-refractivity contribution in [2.75, 3.05) is 48.6 Å². The summed E-state index contributed by atoms with van der Waals surface area (Å²) in [7, 11) is 6.97. The molecule has 1 saturated heterocycles. The second-order valence-electron chi connectivity index (χ2n) is 14.2. The van der Waals surface area contributed by atoms with E-state index in [1.165, 1.54) is 0 Å². The molecule has 0 aliphatic carbocycles. The van der Waals surface area contributed by atoms with Crippen LogP contribution in [0.15, 0.2) is 90.2 Å². The third-order valence-electron chi connectivity index (χ3n) is 10.1. The summed E-state index contributed by atoms with van der Waals surface area (Å²) >= 11 is 0. The maximum atomic E-state index is 13.2. The van der Waals surface area contributed by atoms with Crippen LogP contribution in [0.4, 0.5) is 28.4 Å². The molecule has 3 heterocycles. The van der Waals surface area contributed by atoms with Crippen molar-refractivity contribution in [3.05, 3.63) is 102 Å². The summed E-state index contributed by atoms with van der Waals surface area (Å²) in [6, 6.07) is 21.9. The van der Waals surface area contributed by atoms with Gasteiger partial charge in [0.2, 0.25) is 12.3 Å². The van der Waals surface area contributed by atoms with E-state index < -0.39 is 0 Å². The van der Waals surface area contributed by atoms with Crippen LogP contribution in [0.3, 0.4) is 0 Å². The Balaban J connectivity index is 0.983. The van der Waals surface area contributed by atoms with Crippen LogP contribution in [0, 0.1) is 6.92 Å². The molecule has 0 bridgehead atoms. The van der Waals surface area contributed by atoms with Gasteiger partial charge in [-0.05, 0) is 98.3 Å². The van der Waals surface area contributed by atoms with Gasteiger partial charge in [-0.2, -0.15) is 0 Å². The highest BCUT2D eigenvalue weighted by Gasteiger charge is 2.20. The highest BCUT2D eigenvalue weighted by molar-refractivity contribution is 6.05. The van der Waals surface area contributed by atoms with Crippen molar-refractivity contribution in [2.24, 2.45) is 19.1 Å². The number of anilines is 4. The molecule has 5 aromatic rings. The van der Waals surface area contributed by atoms with E-state index in [9.17, 15) is 19.2 Å². The van der Waals surface area contributed by atoms with Gasteiger partial charge in [0.05, 0.1) is 31.1 Å². The highest BCUT2D eigenvalue weighted by atomic mass is 16.5. The van der Waals surface area contributed by atoms with Crippen molar-refractivity contribution in [3.8, 4) is 22.6 Å². The smallest absolute Gasteiger partial charge is 0.272 e. The van der Waals surface area contributed by atoms with Crippen molar-refractivity contribution in [3.63, 3.8) is 0 Å². The van der Waals surface area contributed by atoms with Crippen LogP contribution in [0.25, 0.3) is 11.1 Å². The minimum Gasteiger partial charge on any atom is -0.493 e. The number of piperidine rings is 1. The summed E-state index contributed by atoms with van der Waals surface area (Å²) in [4.78, 5) is 57.0. The van der Waals surface area contributed by atoms with Crippen molar-refractivity contribution in [1.29, 1.82) is 0 Å². The third kappa shape index (κ3) is 10.1. The Hall–Kier alpha value is -6.83. The van der Waals surface area contributed by atoms with Crippen LogP contribution in [0.2, 0.25) is 0 Å². The van der Waals surface area contributed by atoms with Gasteiger partial charge < -0.3 is 44.8 Å². The van der Waals surface area contributed by atoms with Gasteiger partial charge in [-0.25, -0.2) is 0 Å². The molecule has 4 N–H and O–H groups in total. The number of aryl methyl sites for hydroxylation is 3. The van der Waals surface area contributed by atoms with Crippen molar-refractivity contribution < 1.29 is 28.7 Å². The normalized spacial score (nSPS) is 13.9. The maximum Gasteiger partial charge on any atom is 0.272 e. The lowest BCUT2D eigenvalue weighted by atomic mass is 10.0. The number of nitrogens with zero attached hydrogens (tertiary/aromatic N) is 4. The van der Waals surface area contributed by atoms with Gasteiger partial charge >= 0.3 is 0 Å². The van der Waals surface area contributed by atoms with Gasteiger partial charge in [0.1, 0.15) is 11.4 Å². The molecule has 1 fully saturated rings. The molecule has 1 aliphatic heterocycles. The first-order valence-electron chi connectivity index (χ1n) is 19.3. The van der Waals surface area contributed by atoms with E-state index in [-0.39, 0.29) is 36.8 Å². The fourth-order valence-corrected chi connectivity index (χ4v) is 6.80. The Labute approximate surface area is 338 Å². The second kappa shape index (κ2) is 18.9. The lowest BCUT2D eigenvalue weighted by molar-refractivity contribution is -0.120. The molecule has 0 radical (unpaired) electrons. The summed E-state index contributed by atoms with van der Waals surface area (Å²) < 4.78 is 15.0. The lowest BCUT2D eigenvalue weighted by Crippen LogP contribution is -2.39. The first-order valence-corrected chi connectivity index (χ1v) is 19.3. The van der Waals surface area contributed by atoms with Crippen LogP contribution in [-0.2, 0) is 23.7 Å². The summed E-state index contributed by atoms with van der Waals surface area (Å²) in [5.74, 6) is 0.322. The SMILES string of the molecule is CNc1ccc(NC(=O)c2cc(-c3ccc(NC(=O)c4cc(NC(=O)CCCOc5cc(N=C[C@@H]6CCCCN6C=O)c(C)cc5OC)cn4C)cc3)cn2C)cc1. The molecule has 1 atom stereocenters. The Bertz CT molecular complexity index is 2280. The first-order chi connectivity index (χ1) is 28.0. The molecular formula is C44H50N8O6. The topological polar surface area (TPSA) is 160 Å². The van der Waals surface area contributed by atoms with Crippen molar-refractivity contribution in [1.82, 2.24) is 14.0 Å². The van der Waals surface area contributed by atoms with E-state index in [2.05, 4.69) is 26.3 Å². The fraction of sp³-hybridized carbons (Fsp3) is 0.295. The number of hydrogen-bond acceptors (Lipinski definition) is 8. The Morgan fingerprint density at radius 2 is 1.45 bits per heavy atom. The van der Waals surface area contributed by atoms with E-state index in [0.717, 1.165) is 60.3 Å². The number of benzene rings is 3. The minimum absolute atomic E-state index is 0.0315. The Kier molecular flexibility index (Phi) is 13.3. The van der Waals surface area contributed by atoms with E-state index in [1.54, 1.807) is 52.6 Å². The van der Waals surface area contributed by atoms with Crippen LogP contribution in [0.1, 0.15) is 58.6 Å². The molecule has 14 heteroatoms. The Morgan fingerprint density at radius 1 is 0.793 bits per heavy atom. The number of carbonyl (C=O) groups is 4. The van der Waals surface area contributed by atoms with Gasteiger partial charge in [-0.1, -0.05) is 12.1 Å². The number of ether oxygens (including phenoxy) is 2. The maximum absolute atomic E-state index is 13.2. The summed E-state index contributed by atoms with van der Waals surface area (Å²) in [6.07, 6.45) is 9.86. The number of methoxy groups -OCH3 is 1. The molecule has 1 aliphatic rings. The largest absolute Gasteiger partial charge is 0.493 e. The molecule has 0 unspecified atom stereocenters. The summed E-state index contributed by atoms with van der Waals surface area (Å²) in [6.45, 7) is 2.94. The molecular weight excluding hydrogens is 737 g/mol. The fourth-order valence-electron chi connectivity index (χ4n) is 6.80. The van der Waals surface area contributed by atoms with Gasteiger partial charge in [-0.3, -0.25) is 24.2 Å². The molecule has 58 heavy (non-hydrogen) atoms. The number of amides is 4. The molecule has 3 aromatic carbocycles. The van der Waals surface area contributed by atoms with Gasteiger partial charge in [0, 0.05) is 81.4 Å². The first kappa shape index (κ1) is 40.8. The average Bonchev–Trinajstić information content (AvgIpc) is 3.81. The number of aliphatic imine (C=N–C) groups is 1. The molecule has 2 aromatic heterocycles. The van der Waals surface area contributed by atoms with Gasteiger partial charge in [0.25, 0.3) is 11.8 Å². The predicted octanol–water partition coefficient (Wildman–Crippen LogP) is 7.40. The van der Waals surface area contributed by atoms with Crippen LogP contribution < -0.4 is 30.7 Å². The minimum atomic E-state index is -0.332. The lowest BCUT2D eigenvalue weighted by Gasteiger charge is -2.29. The molecule has 14 nitrogen and oxygen atoms in total. The zero-order valence-corrected chi connectivity index (χ0v) is 33.5. The number of nitrogens with one attached hydrogen (secondary N) is 4. The van der Waals surface area contributed by atoms with Crippen LogP contribution in [-0.4, -0.2) is 77.7 Å². The van der Waals surface area contributed by atoms with Crippen molar-refractivity contribution in [2.45, 2.75) is 45.1 Å². The van der Waals surface area contributed by atoms with Crippen molar-refractivity contribution >= 4 is 58.8 Å². The predicted molar refractivity (Wildman–Crippen MR) is 228 cm³/mol. The van der Waals surface area contributed by atoms with E-state index in [0.29, 0.717) is 46.4 Å². The monoisotopic (exact) mass is 786 g/mol. The summed E-state index contributed by atoms with van der Waals surface area (Å²) in [5, 5.41) is 11.8. The van der Waals surface area contributed by atoms with Crippen LogP contribution >= 0.6 is 0 Å². The zero-order chi connectivity index (χ0) is 41.2. The number of aromatic nitrogens is 2. The standard InChI is InChI=1S/C44H50N8O6/c1-29-21-40(57-5)41(24-37(29)46-25-36-9-6-7-19-52(36)28-53)58-20-8-10-42(54)47-35-23-39(51(4)27-35)44(56)48-33-13-11-30(12-14-33)31-22-38(50(3)26-31)43(55)49-34-17-15-32(45-2)16-18-34/h11-18,21-28,36,45H,6-10,19-20H2,1-5H3,(H,47,54)(H,48,56)(H,49,55)/t36-/m0/s1. The third-order valence-corrected chi connectivity index (χ3v) is 10.1. The Morgan fingerprint density at radius 3 is 2.12 bits per heavy atom. The molecule has 0 saturated carbocycles. The number of likely N-dealkylation sites (tertiary alicyclic amines) is 1. The average molecular weight is 787 g/mol. The molecule has 0 spiro atoms. The second-order valence-corrected chi connectivity index (χ2v) is 14.2. The number of rotatable bonds is 16. The highest BCUT2D eigenvalue weighted by Crippen LogP contribution is 2.35. The number of hydrogen-bond donors (Lipinski definition) is 4. The quantitative estimate of drug-likeness (QED) is 0.0461. The van der Waals surface area contributed by atoms with E-state index >= 15 is 0 Å². The molecule has 4 amide bonds. The molecule has 302 valence electrons. The van der Waals surface area contributed by atoms with E-state index in [4.69, 9.17) is 9.47 Å². The summed E-state index contributed by atoms with van der Waals surface area (Å²) in [5.41, 5.74) is 7.00. The van der Waals surface area contributed by atoms with Gasteiger partial charge in [-0.15, -0.1) is 0 Å². The van der Waals surface area contributed by atoms with Gasteiger partial charge in [0.15, 0.2) is 11.5 Å². The number of carbonyl (C=O) groups excluding carboxylic acids is 4. The zero-order valence-electron chi connectivity index (χ0n) is 33.5. The molecule has 6 rings (SSSR count). The van der Waals surface area contributed by atoms with E-state index in [1.807, 2.05) is 88.0 Å².